The normalized spacial score (nSPS) is 17.9. The van der Waals surface area contributed by atoms with Gasteiger partial charge in [-0.2, -0.15) is 0 Å². The van der Waals surface area contributed by atoms with Crippen LogP contribution in [0.1, 0.15) is 12.8 Å². The van der Waals surface area contributed by atoms with Crippen LogP contribution in [-0.2, 0) is 0 Å². The fourth-order valence-corrected chi connectivity index (χ4v) is 2.39. The number of nitrogens with two attached hydrogens (primary N) is 1. The highest BCUT2D eigenvalue weighted by Gasteiger charge is 2.15. The van der Waals surface area contributed by atoms with Crippen molar-refractivity contribution >= 4 is 15.9 Å². The fourth-order valence-electron chi connectivity index (χ4n) is 2.05. The minimum atomic E-state index is -0.329. The summed E-state index contributed by atoms with van der Waals surface area (Å²) >= 11 is 3.22. The Morgan fingerprint density at radius 1 is 1.39 bits per heavy atom. The molecule has 0 spiro atoms. The standard InChI is InChI=1S/C13H18BrFN2O/c14-10-1-2-13(12(15)9-10)18-8-7-17-5-3-11(16)4-6-17/h1-2,9,11H,3-8,16H2. The molecule has 1 heterocycles. The Morgan fingerprint density at radius 3 is 2.78 bits per heavy atom. The van der Waals surface area contributed by atoms with Gasteiger partial charge in [-0.1, -0.05) is 15.9 Å². The van der Waals surface area contributed by atoms with Crippen LogP contribution in [0.2, 0.25) is 0 Å². The third kappa shape index (κ3) is 3.93. The van der Waals surface area contributed by atoms with E-state index in [0.717, 1.165) is 36.9 Å². The molecule has 5 heteroatoms. The number of rotatable bonds is 4. The van der Waals surface area contributed by atoms with Crippen molar-refractivity contribution in [1.29, 1.82) is 0 Å². The van der Waals surface area contributed by atoms with E-state index in [1.807, 2.05) is 0 Å². The van der Waals surface area contributed by atoms with Crippen LogP contribution in [-0.4, -0.2) is 37.2 Å². The molecule has 2 N–H and O–H groups in total. The summed E-state index contributed by atoms with van der Waals surface area (Å²) in [6, 6.07) is 5.17. The van der Waals surface area contributed by atoms with E-state index in [1.165, 1.54) is 6.07 Å². The minimum Gasteiger partial charge on any atom is -0.489 e. The number of hydrogen-bond acceptors (Lipinski definition) is 3. The van der Waals surface area contributed by atoms with Crippen LogP contribution < -0.4 is 10.5 Å². The van der Waals surface area contributed by atoms with Crippen LogP contribution in [0, 0.1) is 5.82 Å². The molecule has 0 aromatic heterocycles. The predicted octanol–water partition coefficient (Wildman–Crippen LogP) is 2.39. The number of likely N-dealkylation sites (tertiary alicyclic amines) is 1. The van der Waals surface area contributed by atoms with Gasteiger partial charge in [0.25, 0.3) is 0 Å². The van der Waals surface area contributed by atoms with Crippen molar-refractivity contribution in [3.05, 3.63) is 28.5 Å². The summed E-state index contributed by atoms with van der Waals surface area (Å²) in [5.41, 5.74) is 5.84. The maximum atomic E-state index is 13.5. The molecule has 100 valence electrons. The average Bonchev–Trinajstić information content (AvgIpc) is 2.34. The molecule has 0 saturated carbocycles. The number of piperidine rings is 1. The Bertz CT molecular complexity index is 395. The largest absolute Gasteiger partial charge is 0.489 e. The lowest BCUT2D eigenvalue weighted by Gasteiger charge is -2.29. The van der Waals surface area contributed by atoms with Crippen LogP contribution in [0.5, 0.6) is 5.75 Å². The van der Waals surface area contributed by atoms with Crippen molar-refractivity contribution in [2.24, 2.45) is 5.73 Å². The molecule has 0 amide bonds. The van der Waals surface area contributed by atoms with E-state index in [-0.39, 0.29) is 5.82 Å². The lowest BCUT2D eigenvalue weighted by molar-refractivity contribution is 0.171. The summed E-state index contributed by atoms with van der Waals surface area (Å²) in [7, 11) is 0. The molecule has 1 saturated heterocycles. The van der Waals surface area contributed by atoms with E-state index in [1.54, 1.807) is 12.1 Å². The van der Waals surface area contributed by atoms with E-state index < -0.39 is 0 Å². The highest BCUT2D eigenvalue weighted by molar-refractivity contribution is 9.10. The molecule has 3 nitrogen and oxygen atoms in total. The first-order valence-corrected chi connectivity index (χ1v) is 7.00. The minimum absolute atomic E-state index is 0.312. The molecule has 1 aromatic rings. The van der Waals surface area contributed by atoms with Crippen LogP contribution >= 0.6 is 15.9 Å². The first kappa shape index (κ1) is 13.8. The maximum Gasteiger partial charge on any atom is 0.166 e. The lowest BCUT2D eigenvalue weighted by Crippen LogP contribution is -2.41. The zero-order chi connectivity index (χ0) is 13.0. The molecule has 2 rings (SSSR count). The molecule has 18 heavy (non-hydrogen) atoms. The molecule has 0 bridgehead atoms. The van der Waals surface area contributed by atoms with E-state index in [4.69, 9.17) is 10.5 Å². The van der Waals surface area contributed by atoms with Gasteiger partial charge in [0.15, 0.2) is 11.6 Å². The van der Waals surface area contributed by atoms with Crippen molar-refractivity contribution in [2.45, 2.75) is 18.9 Å². The first-order chi connectivity index (χ1) is 8.65. The molecule has 0 aliphatic carbocycles. The van der Waals surface area contributed by atoms with Crippen LogP contribution in [0.25, 0.3) is 0 Å². The summed E-state index contributed by atoms with van der Waals surface area (Å²) in [5, 5.41) is 0. The summed E-state index contributed by atoms with van der Waals surface area (Å²) in [6.45, 7) is 3.34. The number of ether oxygens (including phenoxy) is 1. The molecule has 1 aromatic carbocycles. The van der Waals surface area contributed by atoms with Gasteiger partial charge in [-0.05, 0) is 44.1 Å². The van der Waals surface area contributed by atoms with Gasteiger partial charge in [0, 0.05) is 17.1 Å². The first-order valence-electron chi connectivity index (χ1n) is 6.21. The SMILES string of the molecule is NC1CCN(CCOc2ccc(Br)cc2F)CC1. The maximum absolute atomic E-state index is 13.5. The summed E-state index contributed by atoms with van der Waals surface area (Å²) < 4.78 is 19.7. The predicted molar refractivity (Wildman–Crippen MR) is 73.2 cm³/mol. The summed E-state index contributed by atoms with van der Waals surface area (Å²) in [4.78, 5) is 2.31. The van der Waals surface area contributed by atoms with E-state index in [9.17, 15) is 4.39 Å². The van der Waals surface area contributed by atoms with Gasteiger partial charge >= 0.3 is 0 Å². The second-order valence-electron chi connectivity index (χ2n) is 4.60. The molecule has 0 atom stereocenters. The Hall–Kier alpha value is -0.650. The van der Waals surface area contributed by atoms with E-state index in [2.05, 4.69) is 20.8 Å². The number of nitrogens with zero attached hydrogens (tertiary/aromatic N) is 1. The molecule has 0 unspecified atom stereocenters. The number of halogens is 2. The third-order valence-electron chi connectivity index (χ3n) is 3.19. The smallest absolute Gasteiger partial charge is 0.166 e. The van der Waals surface area contributed by atoms with Crippen molar-refractivity contribution in [2.75, 3.05) is 26.2 Å². The second kappa shape index (κ2) is 6.50. The lowest BCUT2D eigenvalue weighted by atomic mass is 10.1. The fraction of sp³-hybridized carbons (Fsp3) is 0.538. The third-order valence-corrected chi connectivity index (χ3v) is 3.68. The van der Waals surface area contributed by atoms with Crippen molar-refractivity contribution in [3.63, 3.8) is 0 Å². The molecular formula is C13H18BrFN2O. The van der Waals surface area contributed by atoms with Gasteiger partial charge in [0.05, 0.1) is 0 Å². The van der Waals surface area contributed by atoms with Gasteiger partial charge in [-0.15, -0.1) is 0 Å². The Morgan fingerprint density at radius 2 is 2.11 bits per heavy atom. The van der Waals surface area contributed by atoms with Gasteiger partial charge in [-0.25, -0.2) is 4.39 Å². The van der Waals surface area contributed by atoms with Gasteiger partial charge < -0.3 is 10.5 Å². The van der Waals surface area contributed by atoms with Gasteiger partial charge in [-0.3, -0.25) is 4.90 Å². The summed E-state index contributed by atoms with van der Waals surface area (Å²) in [5.74, 6) is -0.0167. The van der Waals surface area contributed by atoms with E-state index >= 15 is 0 Å². The second-order valence-corrected chi connectivity index (χ2v) is 5.52. The van der Waals surface area contributed by atoms with Crippen LogP contribution in [0.15, 0.2) is 22.7 Å². The van der Waals surface area contributed by atoms with Crippen molar-refractivity contribution in [3.8, 4) is 5.75 Å². The molecule has 1 aliphatic rings. The number of benzene rings is 1. The highest BCUT2D eigenvalue weighted by Crippen LogP contribution is 2.21. The zero-order valence-corrected chi connectivity index (χ0v) is 11.8. The molecular weight excluding hydrogens is 299 g/mol. The van der Waals surface area contributed by atoms with Gasteiger partial charge in [0.2, 0.25) is 0 Å². The Labute approximate surface area is 115 Å². The van der Waals surface area contributed by atoms with Crippen LogP contribution in [0.4, 0.5) is 4.39 Å². The van der Waals surface area contributed by atoms with Crippen molar-refractivity contribution < 1.29 is 9.13 Å². The van der Waals surface area contributed by atoms with Crippen molar-refractivity contribution in [1.82, 2.24) is 4.90 Å². The molecule has 0 radical (unpaired) electrons. The van der Waals surface area contributed by atoms with Crippen LogP contribution in [0.3, 0.4) is 0 Å². The zero-order valence-electron chi connectivity index (χ0n) is 10.2. The summed E-state index contributed by atoms with van der Waals surface area (Å²) in [6.07, 6.45) is 2.07. The Kier molecular flexibility index (Phi) is 4.97. The monoisotopic (exact) mass is 316 g/mol. The molecule has 1 aliphatic heterocycles. The molecule has 1 fully saturated rings. The Balaban J connectivity index is 1.75. The average molecular weight is 317 g/mol. The highest BCUT2D eigenvalue weighted by atomic mass is 79.9. The van der Waals surface area contributed by atoms with E-state index in [0.29, 0.717) is 18.4 Å². The topological polar surface area (TPSA) is 38.5 Å². The quantitative estimate of drug-likeness (QED) is 0.927. The number of hydrogen-bond donors (Lipinski definition) is 1. The van der Waals surface area contributed by atoms with Gasteiger partial charge in [0.1, 0.15) is 6.61 Å².